The maximum atomic E-state index is 12.5. The number of halogens is 4. The van der Waals surface area contributed by atoms with Crippen molar-refractivity contribution in [3.8, 4) is 0 Å². The summed E-state index contributed by atoms with van der Waals surface area (Å²) in [6.45, 7) is 0. The lowest BCUT2D eigenvalue weighted by molar-refractivity contribution is -0.137. The zero-order chi connectivity index (χ0) is 12.7. The van der Waals surface area contributed by atoms with Gasteiger partial charge in [0.2, 0.25) is 0 Å². The third-order valence-corrected chi connectivity index (χ3v) is 5.02. The Balaban J connectivity index is 2.46. The molecule has 17 heavy (non-hydrogen) atoms. The van der Waals surface area contributed by atoms with Crippen LogP contribution in [0.1, 0.15) is 12.0 Å². The Bertz CT molecular complexity index is 551. The molecule has 7 heteroatoms. The summed E-state index contributed by atoms with van der Waals surface area (Å²) in [6.07, 6.45) is -3.67. The van der Waals surface area contributed by atoms with Crippen molar-refractivity contribution in [3.05, 3.63) is 28.8 Å². The molecule has 94 valence electrons. The lowest BCUT2D eigenvalue weighted by Crippen LogP contribution is -2.23. The number of alkyl halides is 3. The van der Waals surface area contributed by atoms with Crippen molar-refractivity contribution < 1.29 is 17.4 Å². The molecule has 0 aliphatic carbocycles. The smallest absolute Gasteiger partial charge is 0.249 e. The van der Waals surface area contributed by atoms with E-state index in [1.807, 2.05) is 0 Å². The second-order valence-electron chi connectivity index (χ2n) is 3.82. The van der Waals surface area contributed by atoms with Crippen LogP contribution in [-0.2, 0) is 15.9 Å². The highest BCUT2D eigenvalue weighted by Gasteiger charge is 2.31. The molecule has 0 spiro atoms. The third-order valence-electron chi connectivity index (χ3n) is 2.41. The lowest BCUT2D eigenvalue weighted by Gasteiger charge is -2.18. The van der Waals surface area contributed by atoms with E-state index in [2.05, 4.69) is 4.36 Å². The van der Waals surface area contributed by atoms with Gasteiger partial charge < -0.3 is 0 Å². The van der Waals surface area contributed by atoms with Gasteiger partial charge in [0.15, 0.2) is 0 Å². The van der Waals surface area contributed by atoms with Crippen LogP contribution < -0.4 is 0 Å². The van der Waals surface area contributed by atoms with Crippen molar-refractivity contribution in [2.24, 2.45) is 4.36 Å². The summed E-state index contributed by atoms with van der Waals surface area (Å²) in [6, 6.07) is 2.99. The maximum Gasteiger partial charge on any atom is 0.416 e. The summed E-state index contributed by atoms with van der Waals surface area (Å²) in [5.41, 5.74) is -0.833. The van der Waals surface area contributed by atoms with Gasteiger partial charge >= 0.3 is 6.18 Å². The van der Waals surface area contributed by atoms with Gasteiger partial charge in [0.1, 0.15) is 0 Å². The molecule has 2 rings (SSSR count). The summed E-state index contributed by atoms with van der Waals surface area (Å²) in [4.78, 5) is 0. The zero-order valence-electron chi connectivity index (χ0n) is 8.63. The minimum atomic E-state index is -4.47. The maximum absolute atomic E-state index is 12.5. The predicted molar refractivity (Wildman–Crippen MR) is 61.0 cm³/mol. The molecule has 0 N–H and O–H groups in total. The van der Waals surface area contributed by atoms with Gasteiger partial charge in [-0.15, -0.1) is 0 Å². The molecule has 0 saturated carbocycles. The molecule has 1 fully saturated rings. The van der Waals surface area contributed by atoms with Gasteiger partial charge in [0.05, 0.1) is 21.0 Å². The Morgan fingerprint density at radius 2 is 1.88 bits per heavy atom. The minimum Gasteiger partial charge on any atom is -0.249 e. The highest BCUT2D eigenvalue weighted by Crippen LogP contribution is 2.35. The normalized spacial score (nSPS) is 18.6. The minimum absolute atomic E-state index is 0.0366. The topological polar surface area (TPSA) is 29.4 Å². The summed E-state index contributed by atoms with van der Waals surface area (Å²) in [7, 11) is -2.32. The van der Waals surface area contributed by atoms with Crippen LogP contribution in [0, 0.1) is 0 Å². The van der Waals surface area contributed by atoms with E-state index in [1.165, 1.54) is 6.07 Å². The molecular weight excluding hydrogens is 275 g/mol. The van der Waals surface area contributed by atoms with Crippen LogP contribution in [0.2, 0.25) is 5.02 Å². The molecule has 1 heterocycles. The average Bonchev–Trinajstić information content (AvgIpc) is 2.13. The summed E-state index contributed by atoms with van der Waals surface area (Å²) >= 11 is 5.59. The fraction of sp³-hybridized carbons (Fsp3) is 0.400. The Hall–Kier alpha value is -0.750. The van der Waals surface area contributed by atoms with E-state index in [9.17, 15) is 17.4 Å². The van der Waals surface area contributed by atoms with Crippen LogP contribution >= 0.6 is 11.6 Å². The van der Waals surface area contributed by atoms with E-state index in [-0.39, 0.29) is 10.7 Å². The predicted octanol–water partition coefficient (Wildman–Crippen LogP) is 3.86. The Kier molecular flexibility index (Phi) is 3.12. The van der Waals surface area contributed by atoms with Crippen LogP contribution in [0.5, 0.6) is 0 Å². The molecule has 2 nitrogen and oxygen atoms in total. The summed E-state index contributed by atoms with van der Waals surface area (Å²) in [5, 5.41) is -0.0547. The SMILES string of the molecule is O=S1(=Nc2cc(Cl)cc(C(F)(F)F)c2)CCC1. The first-order valence-corrected chi connectivity index (χ1v) is 7.12. The molecule has 0 radical (unpaired) electrons. The van der Waals surface area contributed by atoms with E-state index < -0.39 is 21.5 Å². The number of hydrogen-bond acceptors (Lipinski definition) is 2. The van der Waals surface area contributed by atoms with Crippen molar-refractivity contribution in [1.29, 1.82) is 0 Å². The van der Waals surface area contributed by atoms with Gasteiger partial charge in [-0.25, -0.2) is 4.21 Å². The van der Waals surface area contributed by atoms with Crippen molar-refractivity contribution in [2.45, 2.75) is 12.6 Å². The quantitative estimate of drug-likeness (QED) is 0.769. The lowest BCUT2D eigenvalue weighted by atomic mass is 10.2. The fourth-order valence-electron chi connectivity index (χ4n) is 1.47. The largest absolute Gasteiger partial charge is 0.416 e. The third kappa shape index (κ3) is 2.93. The second kappa shape index (κ2) is 4.17. The summed E-state index contributed by atoms with van der Waals surface area (Å²) < 4.78 is 53.2. The molecular formula is C10H9ClF3NOS. The van der Waals surface area contributed by atoms with Gasteiger partial charge in [0.25, 0.3) is 0 Å². The van der Waals surface area contributed by atoms with Gasteiger partial charge in [0, 0.05) is 16.5 Å². The number of hydrogen-bond donors (Lipinski definition) is 0. The van der Waals surface area contributed by atoms with E-state index in [0.717, 1.165) is 18.6 Å². The van der Waals surface area contributed by atoms with Crippen molar-refractivity contribution in [1.82, 2.24) is 0 Å². The van der Waals surface area contributed by atoms with Crippen LogP contribution in [0.15, 0.2) is 22.6 Å². The highest BCUT2D eigenvalue weighted by molar-refractivity contribution is 7.95. The van der Waals surface area contributed by atoms with Gasteiger partial charge in [-0.1, -0.05) is 11.6 Å². The zero-order valence-corrected chi connectivity index (χ0v) is 10.2. The van der Waals surface area contributed by atoms with E-state index in [0.29, 0.717) is 11.5 Å². The van der Waals surface area contributed by atoms with Crippen LogP contribution in [-0.4, -0.2) is 15.7 Å². The molecule has 1 aliphatic heterocycles. The molecule has 0 amide bonds. The standard InChI is InChI=1S/C10H9ClF3NOS/c11-8-4-7(10(12,13)14)5-9(6-8)15-17(16)2-1-3-17/h4-6H,1-3H2. The second-order valence-corrected chi connectivity index (χ2v) is 6.80. The van der Waals surface area contributed by atoms with Crippen molar-refractivity contribution in [2.75, 3.05) is 11.5 Å². The molecule has 0 aromatic heterocycles. The number of nitrogens with zero attached hydrogens (tertiary/aromatic N) is 1. The van der Waals surface area contributed by atoms with E-state index in [1.54, 1.807) is 0 Å². The molecule has 1 aliphatic rings. The van der Waals surface area contributed by atoms with Crippen LogP contribution in [0.4, 0.5) is 18.9 Å². The molecule has 1 aromatic carbocycles. The number of benzene rings is 1. The Labute approximate surface area is 102 Å². The van der Waals surface area contributed by atoms with Gasteiger partial charge in [-0.3, -0.25) is 0 Å². The molecule has 0 atom stereocenters. The first kappa shape index (κ1) is 12.7. The Morgan fingerprint density at radius 1 is 1.24 bits per heavy atom. The molecule has 0 bridgehead atoms. The Morgan fingerprint density at radius 3 is 2.35 bits per heavy atom. The molecule has 1 saturated heterocycles. The first-order valence-electron chi connectivity index (χ1n) is 4.89. The summed E-state index contributed by atoms with van der Waals surface area (Å²) in [5.74, 6) is 0.891. The highest BCUT2D eigenvalue weighted by atomic mass is 35.5. The molecule has 1 aromatic rings. The van der Waals surface area contributed by atoms with Gasteiger partial charge in [-0.2, -0.15) is 17.5 Å². The van der Waals surface area contributed by atoms with Crippen LogP contribution in [0.3, 0.4) is 0 Å². The molecule has 0 unspecified atom stereocenters. The first-order chi connectivity index (χ1) is 7.78. The fourth-order valence-corrected chi connectivity index (χ4v) is 3.15. The van der Waals surface area contributed by atoms with Gasteiger partial charge in [-0.05, 0) is 24.6 Å². The number of rotatable bonds is 1. The average molecular weight is 284 g/mol. The van der Waals surface area contributed by atoms with Crippen molar-refractivity contribution in [3.63, 3.8) is 0 Å². The van der Waals surface area contributed by atoms with E-state index in [4.69, 9.17) is 11.6 Å². The van der Waals surface area contributed by atoms with Crippen LogP contribution in [0.25, 0.3) is 0 Å². The van der Waals surface area contributed by atoms with E-state index >= 15 is 0 Å². The van der Waals surface area contributed by atoms with Crippen molar-refractivity contribution >= 4 is 27.0 Å². The monoisotopic (exact) mass is 283 g/mol.